The van der Waals surface area contributed by atoms with Crippen molar-refractivity contribution in [1.29, 1.82) is 0 Å². The number of amides is 2. The van der Waals surface area contributed by atoms with Crippen LogP contribution in [0.1, 0.15) is 11.1 Å². The van der Waals surface area contributed by atoms with Crippen molar-refractivity contribution < 1.29 is 9.53 Å². The lowest BCUT2D eigenvalue weighted by Crippen LogP contribution is -2.34. The Hall–Kier alpha value is -3.35. The van der Waals surface area contributed by atoms with Crippen LogP contribution in [0, 0.1) is 0 Å². The van der Waals surface area contributed by atoms with Crippen molar-refractivity contribution in [3.05, 3.63) is 66.1 Å². The molecular weight excluding hydrogens is 330 g/mol. The van der Waals surface area contributed by atoms with Crippen LogP contribution in [0.3, 0.4) is 0 Å². The number of nitrogens with one attached hydrogen (secondary N) is 2. The molecule has 3 aromatic rings. The summed E-state index contributed by atoms with van der Waals surface area (Å²) >= 11 is 0. The molecule has 0 saturated carbocycles. The van der Waals surface area contributed by atoms with E-state index in [0.29, 0.717) is 13.1 Å². The Morgan fingerprint density at radius 1 is 1.04 bits per heavy atom. The third-order valence-electron chi connectivity index (χ3n) is 3.89. The van der Waals surface area contributed by atoms with Gasteiger partial charge in [0, 0.05) is 38.1 Å². The number of urea groups is 1. The number of ether oxygens (including phenoxy) is 1. The van der Waals surface area contributed by atoms with Gasteiger partial charge in [0.05, 0.1) is 19.0 Å². The van der Waals surface area contributed by atoms with Gasteiger partial charge in [-0.25, -0.2) is 4.79 Å². The summed E-state index contributed by atoms with van der Waals surface area (Å²) in [4.78, 5) is 16.3. The highest BCUT2D eigenvalue weighted by Crippen LogP contribution is 2.15. The number of benzene rings is 1. The van der Waals surface area contributed by atoms with Crippen molar-refractivity contribution >= 4 is 6.03 Å². The van der Waals surface area contributed by atoms with Crippen molar-refractivity contribution in [2.75, 3.05) is 7.11 Å². The fourth-order valence-corrected chi connectivity index (χ4v) is 2.42. The molecule has 0 spiro atoms. The molecule has 1 aromatic carbocycles. The number of aromatic nitrogens is 3. The van der Waals surface area contributed by atoms with Gasteiger partial charge >= 0.3 is 6.03 Å². The Labute approximate surface area is 152 Å². The number of hydrogen-bond acceptors (Lipinski definition) is 4. The molecule has 0 unspecified atom stereocenters. The van der Waals surface area contributed by atoms with Gasteiger partial charge in [-0.05, 0) is 29.3 Å². The Balaban J connectivity index is 1.46. The number of pyridine rings is 1. The Morgan fingerprint density at radius 2 is 1.73 bits per heavy atom. The van der Waals surface area contributed by atoms with Gasteiger partial charge in [0.15, 0.2) is 0 Å². The molecule has 0 saturated heterocycles. The number of carbonyl (C=O) groups excluding carboxylic acids is 1. The highest BCUT2D eigenvalue weighted by atomic mass is 16.5. The van der Waals surface area contributed by atoms with E-state index in [0.717, 1.165) is 28.1 Å². The number of nitrogens with zero attached hydrogens (tertiary/aromatic N) is 3. The van der Waals surface area contributed by atoms with Crippen LogP contribution in [0.5, 0.6) is 5.75 Å². The van der Waals surface area contributed by atoms with Gasteiger partial charge in [-0.15, -0.1) is 0 Å². The largest absolute Gasteiger partial charge is 0.497 e. The topological polar surface area (TPSA) is 81.1 Å². The van der Waals surface area contributed by atoms with Crippen molar-refractivity contribution in [2.24, 2.45) is 7.05 Å². The second-order valence-corrected chi connectivity index (χ2v) is 5.84. The highest BCUT2D eigenvalue weighted by Gasteiger charge is 2.04. The SMILES string of the molecule is COc1ccc(CNC(=O)NCc2ccc(-c3cnn(C)c3)nc2)cc1. The second-order valence-electron chi connectivity index (χ2n) is 5.84. The van der Waals surface area contributed by atoms with E-state index in [9.17, 15) is 4.79 Å². The first-order valence-corrected chi connectivity index (χ1v) is 8.22. The Morgan fingerprint density at radius 3 is 2.31 bits per heavy atom. The zero-order valence-electron chi connectivity index (χ0n) is 14.8. The number of rotatable bonds is 6. The summed E-state index contributed by atoms with van der Waals surface area (Å²) in [5.41, 5.74) is 3.75. The van der Waals surface area contributed by atoms with Gasteiger partial charge in [-0.1, -0.05) is 18.2 Å². The number of hydrogen-bond donors (Lipinski definition) is 2. The molecular formula is C19H21N5O2. The summed E-state index contributed by atoms with van der Waals surface area (Å²) < 4.78 is 6.85. The standard InChI is InChI=1S/C19H21N5O2/c1-24-13-16(12-23-24)18-8-5-15(10-20-18)11-22-19(25)21-9-14-3-6-17(26-2)7-4-14/h3-8,10,12-13H,9,11H2,1-2H3,(H2,21,22,25). The van der Waals surface area contributed by atoms with E-state index in [1.54, 1.807) is 24.2 Å². The van der Waals surface area contributed by atoms with Crippen LogP contribution in [-0.4, -0.2) is 27.9 Å². The lowest BCUT2D eigenvalue weighted by molar-refractivity contribution is 0.240. The number of aryl methyl sites for hydroxylation is 1. The molecule has 0 aliphatic heterocycles. The number of methoxy groups -OCH3 is 1. The summed E-state index contributed by atoms with van der Waals surface area (Å²) in [6.07, 6.45) is 5.44. The molecule has 7 heteroatoms. The van der Waals surface area contributed by atoms with Gasteiger partial charge in [0.1, 0.15) is 5.75 Å². The summed E-state index contributed by atoms with van der Waals surface area (Å²) in [6.45, 7) is 0.864. The van der Waals surface area contributed by atoms with Crippen LogP contribution < -0.4 is 15.4 Å². The lowest BCUT2D eigenvalue weighted by Gasteiger charge is -2.08. The van der Waals surface area contributed by atoms with Gasteiger partial charge in [0.25, 0.3) is 0 Å². The highest BCUT2D eigenvalue weighted by molar-refractivity contribution is 5.73. The predicted molar refractivity (Wildman–Crippen MR) is 98.5 cm³/mol. The maximum absolute atomic E-state index is 11.9. The minimum atomic E-state index is -0.225. The van der Waals surface area contributed by atoms with Crippen molar-refractivity contribution in [2.45, 2.75) is 13.1 Å². The van der Waals surface area contributed by atoms with Gasteiger partial charge in [0.2, 0.25) is 0 Å². The maximum Gasteiger partial charge on any atom is 0.315 e. The first-order chi connectivity index (χ1) is 12.6. The molecule has 2 N–H and O–H groups in total. The van der Waals surface area contributed by atoms with E-state index in [1.165, 1.54) is 0 Å². The Bertz CT molecular complexity index is 856. The predicted octanol–water partition coefficient (Wildman–Crippen LogP) is 2.49. The molecule has 0 atom stereocenters. The zero-order chi connectivity index (χ0) is 18.4. The van der Waals surface area contributed by atoms with Crippen LogP contribution in [0.2, 0.25) is 0 Å². The van der Waals surface area contributed by atoms with Crippen molar-refractivity contribution in [1.82, 2.24) is 25.4 Å². The molecule has 0 aliphatic rings. The van der Waals surface area contributed by atoms with E-state index in [2.05, 4.69) is 20.7 Å². The minimum absolute atomic E-state index is 0.225. The normalized spacial score (nSPS) is 10.4. The van der Waals surface area contributed by atoms with Gasteiger partial charge in [-0.2, -0.15) is 5.10 Å². The zero-order valence-corrected chi connectivity index (χ0v) is 14.8. The summed E-state index contributed by atoms with van der Waals surface area (Å²) in [5.74, 6) is 0.792. The fourth-order valence-electron chi connectivity index (χ4n) is 2.42. The molecule has 7 nitrogen and oxygen atoms in total. The Kier molecular flexibility index (Phi) is 5.48. The average molecular weight is 351 g/mol. The van der Waals surface area contributed by atoms with Gasteiger partial charge in [-0.3, -0.25) is 9.67 Å². The summed E-state index contributed by atoms with van der Waals surface area (Å²) in [5, 5.41) is 9.78. The molecule has 0 radical (unpaired) electrons. The van der Waals surface area contributed by atoms with Gasteiger partial charge < -0.3 is 15.4 Å². The van der Waals surface area contributed by atoms with E-state index < -0.39 is 0 Å². The van der Waals surface area contributed by atoms with E-state index in [4.69, 9.17) is 4.74 Å². The molecule has 0 fully saturated rings. The lowest BCUT2D eigenvalue weighted by atomic mass is 10.2. The second kappa shape index (κ2) is 8.15. The van der Waals surface area contributed by atoms with Crippen LogP contribution in [0.15, 0.2) is 55.0 Å². The van der Waals surface area contributed by atoms with Crippen LogP contribution in [0.25, 0.3) is 11.3 Å². The third kappa shape index (κ3) is 4.60. The van der Waals surface area contributed by atoms with Crippen molar-refractivity contribution in [3.8, 4) is 17.0 Å². The smallest absolute Gasteiger partial charge is 0.315 e. The third-order valence-corrected chi connectivity index (χ3v) is 3.89. The van der Waals surface area contributed by atoms with Crippen molar-refractivity contribution in [3.63, 3.8) is 0 Å². The average Bonchev–Trinajstić information content (AvgIpc) is 3.12. The molecule has 26 heavy (non-hydrogen) atoms. The van der Waals surface area contributed by atoms with E-state index in [1.807, 2.05) is 49.6 Å². The van der Waals surface area contributed by atoms with Crippen LogP contribution in [-0.2, 0) is 20.1 Å². The van der Waals surface area contributed by atoms with E-state index in [-0.39, 0.29) is 6.03 Å². The molecule has 0 bridgehead atoms. The molecule has 2 heterocycles. The molecule has 2 amide bonds. The summed E-state index contributed by atoms with van der Waals surface area (Å²) in [7, 11) is 3.49. The fraction of sp³-hybridized carbons (Fsp3) is 0.211. The van der Waals surface area contributed by atoms with E-state index >= 15 is 0 Å². The van der Waals surface area contributed by atoms with Crippen LogP contribution in [0.4, 0.5) is 4.79 Å². The quantitative estimate of drug-likeness (QED) is 0.715. The molecule has 2 aromatic heterocycles. The summed E-state index contributed by atoms with van der Waals surface area (Å²) in [6, 6.07) is 11.2. The molecule has 0 aliphatic carbocycles. The first kappa shape index (κ1) is 17.5. The molecule has 3 rings (SSSR count). The maximum atomic E-state index is 11.9. The monoisotopic (exact) mass is 351 g/mol. The first-order valence-electron chi connectivity index (χ1n) is 8.22. The molecule has 134 valence electrons. The van der Waals surface area contributed by atoms with Crippen LogP contribution >= 0.6 is 0 Å². The minimum Gasteiger partial charge on any atom is -0.497 e. The number of carbonyl (C=O) groups is 1.